The fourth-order valence-corrected chi connectivity index (χ4v) is 2.39. The molecule has 0 aromatic heterocycles. The molecule has 1 fully saturated rings. The van der Waals surface area contributed by atoms with Crippen LogP contribution in [0.3, 0.4) is 0 Å². The van der Waals surface area contributed by atoms with Gasteiger partial charge in [0.25, 0.3) is 0 Å². The summed E-state index contributed by atoms with van der Waals surface area (Å²) in [6.07, 6.45) is 4.95. The Kier molecular flexibility index (Phi) is 8.24. The van der Waals surface area contributed by atoms with E-state index in [-0.39, 0.29) is 12.3 Å². The molecule has 0 aromatic rings. The first kappa shape index (κ1) is 18.7. The van der Waals surface area contributed by atoms with Gasteiger partial charge in [-0.1, -0.05) is 12.8 Å². The summed E-state index contributed by atoms with van der Waals surface area (Å²) >= 11 is 0. The fraction of sp³-hybridized carbons (Fsp3) is 0.875. The van der Waals surface area contributed by atoms with Crippen molar-refractivity contribution in [3.05, 3.63) is 0 Å². The maximum Gasteiger partial charge on any atom is 0.407 e. The van der Waals surface area contributed by atoms with E-state index in [1.807, 2.05) is 20.8 Å². The zero-order valence-corrected chi connectivity index (χ0v) is 14.2. The van der Waals surface area contributed by atoms with E-state index in [4.69, 9.17) is 4.74 Å². The van der Waals surface area contributed by atoms with Crippen molar-refractivity contribution in [1.82, 2.24) is 15.5 Å². The molecule has 0 unspecified atom stereocenters. The van der Waals surface area contributed by atoms with Gasteiger partial charge < -0.3 is 20.3 Å². The van der Waals surface area contributed by atoms with Gasteiger partial charge in [-0.05, 0) is 46.7 Å². The predicted molar refractivity (Wildman–Crippen MR) is 86.8 cm³/mol. The average molecular weight is 313 g/mol. The first-order valence-corrected chi connectivity index (χ1v) is 8.33. The maximum atomic E-state index is 11.7. The Morgan fingerprint density at radius 3 is 2.23 bits per heavy atom. The summed E-state index contributed by atoms with van der Waals surface area (Å²) in [6, 6.07) is 0. The van der Waals surface area contributed by atoms with Gasteiger partial charge >= 0.3 is 6.09 Å². The number of nitrogens with one attached hydrogen (secondary N) is 2. The largest absolute Gasteiger partial charge is 0.444 e. The van der Waals surface area contributed by atoms with Crippen LogP contribution in [0.1, 0.15) is 52.9 Å². The Balaban J connectivity index is 2.04. The van der Waals surface area contributed by atoms with E-state index in [1.54, 1.807) is 0 Å². The Morgan fingerprint density at radius 1 is 1.00 bits per heavy atom. The second-order valence-corrected chi connectivity index (χ2v) is 6.78. The number of alkyl carbamates (subject to hydrolysis) is 1. The summed E-state index contributed by atoms with van der Waals surface area (Å²) in [5.74, 6) is -0.0362. The van der Waals surface area contributed by atoms with Crippen LogP contribution in [0.4, 0.5) is 4.79 Å². The van der Waals surface area contributed by atoms with Crippen LogP contribution in [-0.2, 0) is 9.53 Å². The standard InChI is InChI=1S/C16H31N3O3/c1-16(2,3)22-15(21)18-9-8-14(20)17-10-13-19-11-6-4-5-7-12-19/h4-13H2,1-3H3,(H,17,20)(H,18,21). The van der Waals surface area contributed by atoms with Crippen molar-refractivity contribution in [1.29, 1.82) is 0 Å². The molecule has 0 bridgehead atoms. The lowest BCUT2D eigenvalue weighted by Gasteiger charge is -2.20. The number of likely N-dealkylation sites (tertiary alicyclic amines) is 1. The molecule has 0 atom stereocenters. The van der Waals surface area contributed by atoms with Crippen molar-refractivity contribution in [2.75, 3.05) is 32.7 Å². The van der Waals surface area contributed by atoms with Gasteiger partial charge in [0, 0.05) is 26.1 Å². The number of hydrogen-bond acceptors (Lipinski definition) is 4. The summed E-state index contributed by atoms with van der Waals surface area (Å²) in [4.78, 5) is 25.5. The number of nitrogens with zero attached hydrogens (tertiary/aromatic N) is 1. The highest BCUT2D eigenvalue weighted by Crippen LogP contribution is 2.08. The van der Waals surface area contributed by atoms with Gasteiger partial charge in [0.1, 0.15) is 5.60 Å². The highest BCUT2D eigenvalue weighted by Gasteiger charge is 2.16. The molecule has 6 heteroatoms. The fourth-order valence-electron chi connectivity index (χ4n) is 2.39. The summed E-state index contributed by atoms with van der Waals surface area (Å²) in [5.41, 5.74) is -0.514. The van der Waals surface area contributed by atoms with Crippen molar-refractivity contribution in [3.8, 4) is 0 Å². The molecule has 0 saturated carbocycles. The molecule has 0 radical (unpaired) electrons. The van der Waals surface area contributed by atoms with Crippen molar-refractivity contribution >= 4 is 12.0 Å². The van der Waals surface area contributed by atoms with Gasteiger partial charge in [-0.3, -0.25) is 4.79 Å². The molecule has 1 heterocycles. The Hall–Kier alpha value is -1.30. The minimum Gasteiger partial charge on any atom is -0.444 e. The normalized spacial score (nSPS) is 16.7. The smallest absolute Gasteiger partial charge is 0.407 e. The molecule has 0 aliphatic carbocycles. The second kappa shape index (κ2) is 9.66. The zero-order valence-electron chi connectivity index (χ0n) is 14.2. The summed E-state index contributed by atoms with van der Waals surface area (Å²) in [5, 5.41) is 5.49. The Labute approximate surface area is 134 Å². The van der Waals surface area contributed by atoms with E-state index in [0.29, 0.717) is 13.1 Å². The number of carbonyl (C=O) groups is 2. The molecular formula is C16H31N3O3. The van der Waals surface area contributed by atoms with Crippen LogP contribution in [0.15, 0.2) is 0 Å². The summed E-state index contributed by atoms with van der Waals surface area (Å²) < 4.78 is 5.10. The molecule has 2 amide bonds. The highest BCUT2D eigenvalue weighted by atomic mass is 16.6. The van der Waals surface area contributed by atoms with E-state index >= 15 is 0 Å². The molecule has 128 valence electrons. The molecule has 0 spiro atoms. The molecule has 1 rings (SSSR count). The summed E-state index contributed by atoms with van der Waals surface area (Å²) in [7, 11) is 0. The third-order valence-electron chi connectivity index (χ3n) is 3.47. The second-order valence-electron chi connectivity index (χ2n) is 6.78. The lowest BCUT2D eigenvalue weighted by atomic mass is 10.2. The number of rotatable bonds is 6. The van der Waals surface area contributed by atoms with E-state index < -0.39 is 11.7 Å². The third-order valence-corrected chi connectivity index (χ3v) is 3.47. The molecule has 1 saturated heterocycles. The number of hydrogen-bond donors (Lipinski definition) is 2. The molecule has 0 aromatic carbocycles. The lowest BCUT2D eigenvalue weighted by Crippen LogP contribution is -2.37. The first-order chi connectivity index (χ1) is 10.4. The van der Waals surface area contributed by atoms with E-state index in [1.165, 1.54) is 25.7 Å². The third kappa shape index (κ3) is 9.60. The SMILES string of the molecule is CC(C)(C)OC(=O)NCCC(=O)NCCN1CCCCCC1. The van der Waals surface area contributed by atoms with Gasteiger partial charge in [0.15, 0.2) is 0 Å². The van der Waals surface area contributed by atoms with Crippen molar-refractivity contribution in [2.45, 2.75) is 58.5 Å². The van der Waals surface area contributed by atoms with Crippen molar-refractivity contribution in [3.63, 3.8) is 0 Å². The Bertz CT molecular complexity index is 345. The Morgan fingerprint density at radius 2 is 1.64 bits per heavy atom. The monoisotopic (exact) mass is 313 g/mol. The van der Waals surface area contributed by atoms with Crippen LogP contribution >= 0.6 is 0 Å². The van der Waals surface area contributed by atoms with Crippen LogP contribution in [0.25, 0.3) is 0 Å². The molecule has 1 aliphatic heterocycles. The predicted octanol–water partition coefficient (Wildman–Crippen LogP) is 1.89. The van der Waals surface area contributed by atoms with Crippen LogP contribution in [0.5, 0.6) is 0 Å². The average Bonchev–Trinajstić information content (AvgIpc) is 2.65. The van der Waals surface area contributed by atoms with Crippen LogP contribution < -0.4 is 10.6 Å². The topological polar surface area (TPSA) is 70.7 Å². The van der Waals surface area contributed by atoms with E-state index in [0.717, 1.165) is 19.6 Å². The van der Waals surface area contributed by atoms with Gasteiger partial charge in [-0.25, -0.2) is 4.79 Å². The number of carbonyl (C=O) groups excluding carboxylic acids is 2. The first-order valence-electron chi connectivity index (χ1n) is 8.33. The van der Waals surface area contributed by atoms with Crippen LogP contribution in [0.2, 0.25) is 0 Å². The number of ether oxygens (including phenoxy) is 1. The molecule has 22 heavy (non-hydrogen) atoms. The minimum atomic E-state index is -0.514. The maximum absolute atomic E-state index is 11.7. The number of amides is 2. The van der Waals surface area contributed by atoms with E-state index in [2.05, 4.69) is 15.5 Å². The zero-order chi connectivity index (χ0) is 16.4. The molecule has 1 aliphatic rings. The van der Waals surface area contributed by atoms with Gasteiger partial charge in [-0.15, -0.1) is 0 Å². The van der Waals surface area contributed by atoms with Gasteiger partial charge in [0.2, 0.25) is 5.91 Å². The minimum absolute atomic E-state index is 0.0362. The van der Waals surface area contributed by atoms with E-state index in [9.17, 15) is 9.59 Å². The van der Waals surface area contributed by atoms with Crippen LogP contribution in [0, 0.1) is 0 Å². The van der Waals surface area contributed by atoms with Crippen LogP contribution in [-0.4, -0.2) is 55.2 Å². The van der Waals surface area contributed by atoms with Gasteiger partial charge in [0.05, 0.1) is 0 Å². The molecule has 2 N–H and O–H groups in total. The van der Waals surface area contributed by atoms with Crippen molar-refractivity contribution < 1.29 is 14.3 Å². The highest BCUT2D eigenvalue weighted by molar-refractivity contribution is 5.77. The summed E-state index contributed by atoms with van der Waals surface area (Å²) in [6.45, 7) is 9.57. The molecular weight excluding hydrogens is 282 g/mol. The quantitative estimate of drug-likeness (QED) is 0.785. The molecule has 6 nitrogen and oxygen atoms in total. The van der Waals surface area contributed by atoms with Crippen molar-refractivity contribution in [2.24, 2.45) is 0 Å². The lowest BCUT2D eigenvalue weighted by molar-refractivity contribution is -0.121. The van der Waals surface area contributed by atoms with Gasteiger partial charge in [-0.2, -0.15) is 0 Å².